The van der Waals surface area contributed by atoms with Crippen molar-refractivity contribution < 1.29 is 10.2 Å². The second kappa shape index (κ2) is 6.25. The van der Waals surface area contributed by atoms with E-state index in [1.165, 1.54) is 0 Å². The van der Waals surface area contributed by atoms with Crippen molar-refractivity contribution in [1.82, 2.24) is 0 Å². The smallest absolute Gasteiger partial charge is 0.105 e. The maximum Gasteiger partial charge on any atom is 0.105 e. The van der Waals surface area contributed by atoms with Crippen molar-refractivity contribution >= 4 is 0 Å². The number of hydrogen-bond donors (Lipinski definition) is 2. The summed E-state index contributed by atoms with van der Waals surface area (Å²) in [5.41, 5.74) is 10.8. The van der Waals surface area contributed by atoms with E-state index in [0.29, 0.717) is 0 Å². The highest BCUT2D eigenvalue weighted by molar-refractivity contribution is 5.35. The maximum atomic E-state index is 10.1. The van der Waals surface area contributed by atoms with Crippen LogP contribution < -0.4 is 0 Å². The molecule has 0 aliphatic rings. The fraction of sp³-hybridized carbons (Fsp3) is 0.500. The summed E-state index contributed by atoms with van der Waals surface area (Å²) in [6.45, 7) is 3.97. The predicted octanol–water partition coefficient (Wildman–Crippen LogP) is 2.40. The molecule has 0 aliphatic carbocycles. The molecule has 2 unspecified atom stereocenters. The average Bonchev–Trinajstić information content (AvgIpc) is 2.28. The van der Waals surface area contributed by atoms with Gasteiger partial charge in [0, 0.05) is 11.5 Å². The standard InChI is InChI=1S/C12H17N3O2/c1-8-4-3-5-9(2)11(8)12(17)10(16)6-7-14-15-13/h3-5,10,12,16-17H,6-7H2,1-2H3. The second-order valence-electron chi connectivity index (χ2n) is 4.06. The number of azide groups is 1. The number of benzene rings is 1. The van der Waals surface area contributed by atoms with Gasteiger partial charge in [0.2, 0.25) is 0 Å². The van der Waals surface area contributed by atoms with E-state index in [1.807, 2.05) is 32.0 Å². The van der Waals surface area contributed by atoms with Gasteiger partial charge >= 0.3 is 0 Å². The molecule has 2 N–H and O–H groups in total. The Hall–Kier alpha value is -1.55. The fourth-order valence-corrected chi connectivity index (χ4v) is 1.88. The Bertz CT molecular complexity index is 408. The highest BCUT2D eigenvalue weighted by Gasteiger charge is 2.20. The van der Waals surface area contributed by atoms with Crippen molar-refractivity contribution in [2.75, 3.05) is 6.54 Å². The Balaban J connectivity index is 2.81. The molecule has 0 saturated heterocycles. The molecule has 1 aromatic rings. The molecule has 17 heavy (non-hydrogen) atoms. The molecule has 0 amide bonds. The molecule has 5 heteroatoms. The number of nitrogens with zero attached hydrogens (tertiary/aromatic N) is 3. The van der Waals surface area contributed by atoms with Crippen LogP contribution in [0.3, 0.4) is 0 Å². The molecule has 0 saturated carbocycles. The lowest BCUT2D eigenvalue weighted by Gasteiger charge is -2.21. The number of hydrogen-bond acceptors (Lipinski definition) is 3. The van der Waals surface area contributed by atoms with Gasteiger partial charge in [0.15, 0.2) is 0 Å². The van der Waals surface area contributed by atoms with Crippen LogP contribution in [0.2, 0.25) is 0 Å². The van der Waals surface area contributed by atoms with Gasteiger partial charge in [-0.25, -0.2) is 0 Å². The first kappa shape index (κ1) is 13.5. The first-order valence-corrected chi connectivity index (χ1v) is 5.51. The summed E-state index contributed by atoms with van der Waals surface area (Å²) in [6.07, 6.45) is -1.61. The Morgan fingerprint density at radius 3 is 2.41 bits per heavy atom. The molecule has 0 bridgehead atoms. The number of rotatable bonds is 5. The van der Waals surface area contributed by atoms with Crippen LogP contribution in [-0.2, 0) is 0 Å². The van der Waals surface area contributed by atoms with E-state index in [4.69, 9.17) is 5.53 Å². The third-order valence-corrected chi connectivity index (χ3v) is 2.79. The minimum atomic E-state index is -0.940. The van der Waals surface area contributed by atoms with Crippen LogP contribution >= 0.6 is 0 Å². The third-order valence-electron chi connectivity index (χ3n) is 2.79. The minimum absolute atomic E-state index is 0.180. The Kier molecular flexibility index (Phi) is 4.97. The molecule has 0 aliphatic heterocycles. The summed E-state index contributed by atoms with van der Waals surface area (Å²) in [5, 5.41) is 23.2. The van der Waals surface area contributed by atoms with Crippen molar-refractivity contribution in [1.29, 1.82) is 0 Å². The molecular formula is C12H17N3O2. The summed E-state index contributed by atoms with van der Waals surface area (Å²) < 4.78 is 0. The Labute approximate surface area is 100 Å². The summed E-state index contributed by atoms with van der Waals surface area (Å²) in [6, 6.07) is 5.70. The van der Waals surface area contributed by atoms with Gasteiger partial charge < -0.3 is 10.2 Å². The van der Waals surface area contributed by atoms with Gasteiger partial charge in [-0.3, -0.25) is 0 Å². The summed E-state index contributed by atoms with van der Waals surface area (Å²) in [4.78, 5) is 2.61. The predicted molar refractivity (Wildman–Crippen MR) is 65.5 cm³/mol. The molecule has 0 fully saturated rings. The van der Waals surface area contributed by atoms with Crippen LogP contribution in [-0.4, -0.2) is 22.9 Å². The molecule has 92 valence electrons. The Morgan fingerprint density at radius 2 is 1.88 bits per heavy atom. The van der Waals surface area contributed by atoms with Gasteiger partial charge in [0.05, 0.1) is 6.10 Å². The van der Waals surface area contributed by atoms with Gasteiger partial charge in [-0.1, -0.05) is 23.3 Å². The van der Waals surface area contributed by atoms with E-state index in [0.717, 1.165) is 16.7 Å². The summed E-state index contributed by atoms with van der Waals surface area (Å²) in [5.74, 6) is 0. The topological polar surface area (TPSA) is 89.2 Å². The summed E-state index contributed by atoms with van der Waals surface area (Å²) >= 11 is 0. The van der Waals surface area contributed by atoms with E-state index in [9.17, 15) is 10.2 Å². The van der Waals surface area contributed by atoms with E-state index in [-0.39, 0.29) is 13.0 Å². The first-order chi connectivity index (χ1) is 8.07. The lowest BCUT2D eigenvalue weighted by molar-refractivity contribution is 0.0143. The molecule has 1 aromatic carbocycles. The normalized spacial score (nSPS) is 13.9. The molecular weight excluding hydrogens is 218 g/mol. The first-order valence-electron chi connectivity index (χ1n) is 5.51. The van der Waals surface area contributed by atoms with Gasteiger partial charge in [0.1, 0.15) is 6.10 Å². The number of aryl methyl sites for hydroxylation is 2. The zero-order valence-electron chi connectivity index (χ0n) is 10.0. The lowest BCUT2D eigenvalue weighted by atomic mass is 9.94. The van der Waals surface area contributed by atoms with E-state index in [2.05, 4.69) is 10.0 Å². The molecule has 0 spiro atoms. The molecule has 5 nitrogen and oxygen atoms in total. The monoisotopic (exact) mass is 235 g/mol. The van der Waals surface area contributed by atoms with Crippen LogP contribution in [0.15, 0.2) is 23.3 Å². The molecule has 0 radical (unpaired) electrons. The third kappa shape index (κ3) is 3.46. The van der Waals surface area contributed by atoms with Crippen molar-refractivity contribution in [3.8, 4) is 0 Å². The molecule has 2 atom stereocenters. The van der Waals surface area contributed by atoms with Gasteiger partial charge in [-0.2, -0.15) is 0 Å². The lowest BCUT2D eigenvalue weighted by Crippen LogP contribution is -2.20. The quantitative estimate of drug-likeness (QED) is 0.466. The molecule has 0 aromatic heterocycles. The maximum absolute atomic E-state index is 10.1. The largest absolute Gasteiger partial charge is 0.390 e. The van der Waals surface area contributed by atoms with Crippen LogP contribution in [0, 0.1) is 13.8 Å². The van der Waals surface area contributed by atoms with E-state index < -0.39 is 12.2 Å². The van der Waals surface area contributed by atoms with Crippen molar-refractivity contribution in [2.45, 2.75) is 32.5 Å². The van der Waals surface area contributed by atoms with E-state index >= 15 is 0 Å². The van der Waals surface area contributed by atoms with Crippen molar-refractivity contribution in [2.24, 2.45) is 5.11 Å². The second-order valence-corrected chi connectivity index (χ2v) is 4.06. The van der Waals surface area contributed by atoms with Gasteiger partial charge in [0.25, 0.3) is 0 Å². The van der Waals surface area contributed by atoms with Gasteiger partial charge in [-0.05, 0) is 42.5 Å². The minimum Gasteiger partial charge on any atom is -0.390 e. The molecule has 1 rings (SSSR count). The van der Waals surface area contributed by atoms with Crippen LogP contribution in [0.25, 0.3) is 10.4 Å². The molecule has 0 heterocycles. The SMILES string of the molecule is Cc1cccc(C)c1C(O)C(O)CCN=[N+]=[N-]. The van der Waals surface area contributed by atoms with E-state index in [1.54, 1.807) is 0 Å². The zero-order valence-corrected chi connectivity index (χ0v) is 10.0. The van der Waals surface area contributed by atoms with Crippen LogP contribution in [0.5, 0.6) is 0 Å². The number of aliphatic hydroxyl groups excluding tert-OH is 2. The fourth-order valence-electron chi connectivity index (χ4n) is 1.88. The number of aliphatic hydroxyl groups is 2. The summed E-state index contributed by atoms with van der Waals surface area (Å²) in [7, 11) is 0. The average molecular weight is 235 g/mol. The van der Waals surface area contributed by atoms with Gasteiger partial charge in [-0.15, -0.1) is 0 Å². The highest BCUT2D eigenvalue weighted by Crippen LogP contribution is 2.25. The van der Waals surface area contributed by atoms with Crippen LogP contribution in [0.1, 0.15) is 29.2 Å². The zero-order chi connectivity index (χ0) is 12.8. The Morgan fingerprint density at radius 1 is 1.29 bits per heavy atom. The highest BCUT2D eigenvalue weighted by atomic mass is 16.3. The van der Waals surface area contributed by atoms with Crippen molar-refractivity contribution in [3.05, 3.63) is 45.3 Å². The van der Waals surface area contributed by atoms with Crippen molar-refractivity contribution in [3.63, 3.8) is 0 Å². The van der Waals surface area contributed by atoms with Crippen LogP contribution in [0.4, 0.5) is 0 Å².